The van der Waals surface area contributed by atoms with E-state index in [9.17, 15) is 4.39 Å². The zero-order valence-corrected chi connectivity index (χ0v) is 11.5. The molecule has 0 spiro atoms. The summed E-state index contributed by atoms with van der Waals surface area (Å²) in [6, 6.07) is 12.6. The molecule has 0 saturated carbocycles. The van der Waals surface area contributed by atoms with Gasteiger partial charge in [-0.25, -0.2) is 4.39 Å². The minimum absolute atomic E-state index is 0.170. The minimum Gasteiger partial charge on any atom is -0.397 e. The molecule has 0 unspecified atom stereocenters. The molecular weight excluding hydrogens is 265 g/mol. The van der Waals surface area contributed by atoms with Crippen LogP contribution >= 0.6 is 0 Å². The second-order valence-electron chi connectivity index (χ2n) is 4.89. The third-order valence-electron chi connectivity index (χ3n) is 3.53. The summed E-state index contributed by atoms with van der Waals surface area (Å²) in [5.74, 6) is -0.170. The van der Waals surface area contributed by atoms with E-state index in [2.05, 4.69) is 10.3 Å². The Kier molecular flexibility index (Phi) is 3.69. The summed E-state index contributed by atoms with van der Waals surface area (Å²) in [6.45, 7) is 0.627. The van der Waals surface area contributed by atoms with Gasteiger partial charge in [0.1, 0.15) is 5.82 Å². The van der Waals surface area contributed by atoms with E-state index >= 15 is 0 Å². The fourth-order valence-electron chi connectivity index (χ4n) is 2.38. The number of nitrogen functional groups attached to an aromatic ring is 1. The van der Waals surface area contributed by atoms with Gasteiger partial charge in [0.25, 0.3) is 0 Å². The summed E-state index contributed by atoms with van der Waals surface area (Å²) >= 11 is 0. The molecule has 4 heteroatoms. The number of rotatable bonds is 4. The molecule has 1 heterocycles. The number of nitrogens with one attached hydrogen (secondary N) is 1. The lowest BCUT2D eigenvalue weighted by atomic mass is 10.1. The third-order valence-corrected chi connectivity index (χ3v) is 3.53. The van der Waals surface area contributed by atoms with Gasteiger partial charge in [0, 0.05) is 29.7 Å². The number of pyridine rings is 1. The molecule has 3 rings (SSSR count). The molecule has 0 amide bonds. The normalized spacial score (nSPS) is 10.7. The van der Waals surface area contributed by atoms with Gasteiger partial charge in [0.15, 0.2) is 0 Å². The van der Waals surface area contributed by atoms with E-state index < -0.39 is 0 Å². The van der Waals surface area contributed by atoms with Crippen molar-refractivity contribution in [3.05, 3.63) is 66.2 Å². The van der Waals surface area contributed by atoms with Crippen molar-refractivity contribution >= 4 is 22.1 Å². The molecule has 21 heavy (non-hydrogen) atoms. The van der Waals surface area contributed by atoms with Crippen LogP contribution in [0.1, 0.15) is 5.56 Å². The van der Waals surface area contributed by atoms with Crippen LogP contribution in [0, 0.1) is 5.82 Å². The molecule has 0 aliphatic carbocycles. The van der Waals surface area contributed by atoms with Crippen molar-refractivity contribution in [2.75, 3.05) is 17.6 Å². The minimum atomic E-state index is -0.170. The number of halogens is 1. The van der Waals surface area contributed by atoms with Crippen molar-refractivity contribution in [1.29, 1.82) is 0 Å². The van der Waals surface area contributed by atoms with E-state index in [1.807, 2.05) is 24.3 Å². The second-order valence-corrected chi connectivity index (χ2v) is 4.89. The van der Waals surface area contributed by atoms with Gasteiger partial charge in [-0.1, -0.05) is 24.3 Å². The maximum Gasteiger partial charge on any atom is 0.126 e. The highest BCUT2D eigenvalue weighted by Gasteiger charge is 2.05. The molecule has 3 aromatic rings. The van der Waals surface area contributed by atoms with Crippen molar-refractivity contribution < 1.29 is 4.39 Å². The summed E-state index contributed by atoms with van der Waals surface area (Å²) in [6.07, 6.45) is 4.12. The molecule has 3 nitrogen and oxygen atoms in total. The molecule has 0 radical (unpaired) electrons. The second kappa shape index (κ2) is 5.79. The van der Waals surface area contributed by atoms with E-state index in [-0.39, 0.29) is 5.82 Å². The molecular formula is C17H16FN3. The molecule has 0 bridgehead atoms. The fourth-order valence-corrected chi connectivity index (χ4v) is 2.38. The topological polar surface area (TPSA) is 50.9 Å². The van der Waals surface area contributed by atoms with Gasteiger partial charge in [-0.2, -0.15) is 0 Å². The van der Waals surface area contributed by atoms with Crippen LogP contribution in [0.2, 0.25) is 0 Å². The predicted octanol–water partition coefficient (Wildman–Crippen LogP) is 3.61. The Labute approximate surface area is 122 Å². The fraction of sp³-hybridized carbons (Fsp3) is 0.118. The van der Waals surface area contributed by atoms with Gasteiger partial charge in [0.05, 0.1) is 11.4 Å². The lowest BCUT2D eigenvalue weighted by Crippen LogP contribution is -2.08. The predicted molar refractivity (Wildman–Crippen MR) is 84.7 cm³/mol. The van der Waals surface area contributed by atoms with E-state index in [0.29, 0.717) is 24.2 Å². The number of hydrogen-bond donors (Lipinski definition) is 2. The van der Waals surface area contributed by atoms with Crippen LogP contribution in [0.15, 0.2) is 54.9 Å². The van der Waals surface area contributed by atoms with Crippen LogP contribution in [0.4, 0.5) is 15.8 Å². The first-order valence-corrected chi connectivity index (χ1v) is 6.85. The van der Waals surface area contributed by atoms with E-state index in [1.165, 1.54) is 6.07 Å². The summed E-state index contributed by atoms with van der Waals surface area (Å²) in [7, 11) is 0. The van der Waals surface area contributed by atoms with E-state index in [1.54, 1.807) is 24.5 Å². The van der Waals surface area contributed by atoms with Gasteiger partial charge in [-0.3, -0.25) is 4.98 Å². The Morgan fingerprint density at radius 1 is 1.10 bits per heavy atom. The molecule has 1 aromatic heterocycles. The number of hydrogen-bond acceptors (Lipinski definition) is 3. The number of aromatic nitrogens is 1. The molecule has 2 aromatic carbocycles. The van der Waals surface area contributed by atoms with Crippen LogP contribution < -0.4 is 11.1 Å². The van der Waals surface area contributed by atoms with Crippen LogP contribution in [-0.4, -0.2) is 11.5 Å². The third kappa shape index (κ3) is 2.79. The average molecular weight is 281 g/mol. The Morgan fingerprint density at radius 3 is 2.81 bits per heavy atom. The maximum atomic E-state index is 13.5. The molecule has 0 atom stereocenters. The largest absolute Gasteiger partial charge is 0.397 e. The van der Waals surface area contributed by atoms with E-state index in [0.717, 1.165) is 16.5 Å². The Hall–Kier alpha value is -2.62. The highest BCUT2D eigenvalue weighted by atomic mass is 19.1. The number of nitrogens with zero attached hydrogens (tertiary/aromatic N) is 1. The van der Waals surface area contributed by atoms with E-state index in [4.69, 9.17) is 5.73 Å². The first-order chi connectivity index (χ1) is 10.3. The van der Waals surface area contributed by atoms with Gasteiger partial charge >= 0.3 is 0 Å². The Balaban J connectivity index is 1.74. The Morgan fingerprint density at radius 2 is 1.95 bits per heavy atom. The lowest BCUT2D eigenvalue weighted by Gasteiger charge is -2.11. The average Bonchev–Trinajstić information content (AvgIpc) is 2.52. The van der Waals surface area contributed by atoms with Crippen LogP contribution in [-0.2, 0) is 6.42 Å². The zero-order chi connectivity index (χ0) is 14.7. The highest BCUT2D eigenvalue weighted by molar-refractivity contribution is 5.98. The van der Waals surface area contributed by atoms with Crippen molar-refractivity contribution in [3.63, 3.8) is 0 Å². The summed E-state index contributed by atoms with van der Waals surface area (Å²) in [5, 5.41) is 5.25. The van der Waals surface area contributed by atoms with Crippen LogP contribution in [0.25, 0.3) is 10.8 Å². The van der Waals surface area contributed by atoms with Crippen molar-refractivity contribution in [3.8, 4) is 0 Å². The first kappa shape index (κ1) is 13.4. The number of nitrogens with two attached hydrogens (primary N) is 1. The first-order valence-electron chi connectivity index (χ1n) is 6.85. The van der Waals surface area contributed by atoms with Crippen molar-refractivity contribution in [2.24, 2.45) is 0 Å². The van der Waals surface area contributed by atoms with Crippen molar-refractivity contribution in [1.82, 2.24) is 4.98 Å². The number of benzene rings is 2. The van der Waals surface area contributed by atoms with Gasteiger partial charge in [0.2, 0.25) is 0 Å². The molecule has 0 aliphatic heterocycles. The van der Waals surface area contributed by atoms with Gasteiger partial charge < -0.3 is 11.1 Å². The maximum absolute atomic E-state index is 13.5. The zero-order valence-electron chi connectivity index (χ0n) is 11.5. The van der Waals surface area contributed by atoms with Crippen molar-refractivity contribution in [2.45, 2.75) is 6.42 Å². The van der Waals surface area contributed by atoms with Crippen LogP contribution in [0.3, 0.4) is 0 Å². The quantitative estimate of drug-likeness (QED) is 0.718. The lowest BCUT2D eigenvalue weighted by molar-refractivity contribution is 0.610. The summed E-state index contributed by atoms with van der Waals surface area (Å²) < 4.78 is 13.5. The monoisotopic (exact) mass is 281 g/mol. The SMILES string of the molecule is Nc1c(NCCc2ccccc2F)ccc2cnccc12. The number of anilines is 2. The standard InChI is InChI=1S/C17H16FN3/c18-15-4-2-1-3-12(15)7-10-21-16-6-5-13-11-20-9-8-14(13)17(16)19/h1-6,8-9,11,21H,7,10,19H2. The molecule has 3 N–H and O–H groups in total. The smallest absolute Gasteiger partial charge is 0.126 e. The summed E-state index contributed by atoms with van der Waals surface area (Å²) in [5.41, 5.74) is 8.43. The van der Waals surface area contributed by atoms with Gasteiger partial charge in [-0.15, -0.1) is 0 Å². The molecule has 0 saturated heterocycles. The molecule has 106 valence electrons. The molecule has 0 fully saturated rings. The highest BCUT2D eigenvalue weighted by Crippen LogP contribution is 2.27. The summed E-state index contributed by atoms with van der Waals surface area (Å²) in [4.78, 5) is 4.08. The molecule has 0 aliphatic rings. The van der Waals surface area contributed by atoms with Crippen LogP contribution in [0.5, 0.6) is 0 Å². The van der Waals surface area contributed by atoms with Gasteiger partial charge in [-0.05, 0) is 30.2 Å². The Bertz CT molecular complexity index is 771. The number of fused-ring (bicyclic) bond motifs is 1.